The SMILES string of the molecule is CC(C)OC(=O)[C@@H](C)N[P@](=S)(Oc1ccccc1)C(C)(C)C. The molecule has 0 aliphatic rings. The Labute approximate surface area is 138 Å². The number of rotatable bonds is 6. The van der Waals surface area contributed by atoms with Crippen LogP contribution in [0.1, 0.15) is 41.5 Å². The van der Waals surface area contributed by atoms with Crippen molar-refractivity contribution in [2.75, 3.05) is 0 Å². The fourth-order valence-corrected chi connectivity index (χ4v) is 4.11. The van der Waals surface area contributed by atoms with E-state index in [1.165, 1.54) is 0 Å². The largest absolute Gasteiger partial charge is 0.462 e. The lowest BCUT2D eigenvalue weighted by Crippen LogP contribution is -2.40. The van der Waals surface area contributed by atoms with Crippen LogP contribution in [0.4, 0.5) is 0 Å². The molecule has 1 aromatic rings. The van der Waals surface area contributed by atoms with Gasteiger partial charge < -0.3 is 9.26 Å². The van der Waals surface area contributed by atoms with Gasteiger partial charge in [0.25, 0.3) is 0 Å². The second-order valence-electron chi connectivity index (χ2n) is 6.46. The van der Waals surface area contributed by atoms with Gasteiger partial charge >= 0.3 is 5.97 Å². The van der Waals surface area contributed by atoms with Gasteiger partial charge in [0.05, 0.1) is 6.10 Å². The van der Waals surface area contributed by atoms with E-state index in [1.54, 1.807) is 6.92 Å². The van der Waals surface area contributed by atoms with Gasteiger partial charge in [0.1, 0.15) is 11.8 Å². The Bertz CT molecular complexity index is 540. The van der Waals surface area contributed by atoms with E-state index in [1.807, 2.05) is 65.0 Å². The Morgan fingerprint density at radius 1 is 1.18 bits per heavy atom. The van der Waals surface area contributed by atoms with Crippen molar-refractivity contribution < 1.29 is 14.1 Å². The first-order valence-corrected chi connectivity index (χ1v) is 10.1. The third-order valence-corrected chi connectivity index (χ3v) is 8.07. The molecule has 4 nitrogen and oxygen atoms in total. The molecular weight excluding hydrogens is 317 g/mol. The number of nitrogens with one attached hydrogen (secondary N) is 1. The van der Waals surface area contributed by atoms with Crippen molar-refractivity contribution in [3.05, 3.63) is 30.3 Å². The van der Waals surface area contributed by atoms with E-state index in [9.17, 15) is 4.79 Å². The van der Waals surface area contributed by atoms with Crippen LogP contribution >= 0.6 is 6.42 Å². The van der Waals surface area contributed by atoms with Gasteiger partial charge in [-0.15, -0.1) is 0 Å². The molecule has 0 heterocycles. The number of para-hydroxylation sites is 1. The number of hydrogen-bond acceptors (Lipinski definition) is 4. The molecule has 0 saturated carbocycles. The summed E-state index contributed by atoms with van der Waals surface area (Å²) in [4.78, 5) is 12.0. The lowest BCUT2D eigenvalue weighted by atomic mass is 10.3. The highest BCUT2D eigenvalue weighted by Gasteiger charge is 2.37. The number of carbonyl (C=O) groups excluding carboxylic acids is 1. The van der Waals surface area contributed by atoms with Crippen molar-refractivity contribution in [3.63, 3.8) is 0 Å². The molecule has 0 spiro atoms. The minimum absolute atomic E-state index is 0.153. The highest BCUT2D eigenvalue weighted by Crippen LogP contribution is 2.55. The molecule has 0 saturated heterocycles. The molecule has 22 heavy (non-hydrogen) atoms. The average molecular weight is 343 g/mol. The van der Waals surface area contributed by atoms with Crippen LogP contribution in [0, 0.1) is 0 Å². The molecule has 0 aliphatic heterocycles. The zero-order chi connectivity index (χ0) is 17.0. The molecule has 0 aliphatic carbocycles. The lowest BCUT2D eigenvalue weighted by Gasteiger charge is -2.36. The van der Waals surface area contributed by atoms with E-state index in [4.69, 9.17) is 21.1 Å². The van der Waals surface area contributed by atoms with Gasteiger partial charge in [-0.05, 0) is 44.7 Å². The Balaban J connectivity index is 2.94. The minimum atomic E-state index is -2.50. The van der Waals surface area contributed by atoms with Gasteiger partial charge in [0.15, 0.2) is 6.42 Å². The van der Waals surface area contributed by atoms with Crippen LogP contribution in [0.5, 0.6) is 5.75 Å². The van der Waals surface area contributed by atoms with Crippen LogP contribution in [0.25, 0.3) is 0 Å². The molecule has 2 atom stereocenters. The quantitative estimate of drug-likeness (QED) is 0.622. The zero-order valence-electron chi connectivity index (χ0n) is 14.1. The first-order valence-electron chi connectivity index (χ1n) is 7.38. The van der Waals surface area contributed by atoms with Crippen molar-refractivity contribution in [2.24, 2.45) is 0 Å². The standard InChI is InChI=1S/C16H26NO3PS/c1-12(2)19-15(18)13(3)17-21(22,16(4,5)6)20-14-10-8-7-9-11-14/h7-13H,1-6H3,(H,17,22)/t13-,21+/m1/s1. The van der Waals surface area contributed by atoms with Gasteiger partial charge in [0.2, 0.25) is 0 Å². The Morgan fingerprint density at radius 2 is 1.73 bits per heavy atom. The van der Waals surface area contributed by atoms with E-state index >= 15 is 0 Å². The second-order valence-corrected chi connectivity index (χ2v) is 10.9. The topological polar surface area (TPSA) is 47.6 Å². The number of hydrogen-bond donors (Lipinski definition) is 1. The van der Waals surface area contributed by atoms with Gasteiger partial charge in [0, 0.05) is 5.16 Å². The van der Waals surface area contributed by atoms with Crippen molar-refractivity contribution in [3.8, 4) is 5.75 Å². The van der Waals surface area contributed by atoms with Crippen LogP contribution in [0.15, 0.2) is 30.3 Å². The summed E-state index contributed by atoms with van der Waals surface area (Å²) in [6.07, 6.45) is -2.65. The third kappa shape index (κ3) is 5.38. The number of ether oxygens (including phenoxy) is 1. The molecular formula is C16H26NO3PS. The van der Waals surface area contributed by atoms with E-state index in [2.05, 4.69) is 5.09 Å². The van der Waals surface area contributed by atoms with E-state index in [-0.39, 0.29) is 17.2 Å². The summed E-state index contributed by atoms with van der Waals surface area (Å²) < 4.78 is 11.3. The van der Waals surface area contributed by atoms with E-state index in [0.29, 0.717) is 5.75 Å². The van der Waals surface area contributed by atoms with Crippen molar-refractivity contribution in [1.82, 2.24) is 5.09 Å². The summed E-state index contributed by atoms with van der Waals surface area (Å²) in [6, 6.07) is 8.93. The van der Waals surface area contributed by atoms with Crippen molar-refractivity contribution in [2.45, 2.75) is 58.8 Å². The number of benzene rings is 1. The molecule has 6 heteroatoms. The molecule has 1 rings (SSSR count). The van der Waals surface area contributed by atoms with E-state index in [0.717, 1.165) is 0 Å². The van der Waals surface area contributed by atoms with Crippen LogP contribution in [0.3, 0.4) is 0 Å². The molecule has 0 unspecified atom stereocenters. The maximum absolute atomic E-state index is 12.0. The average Bonchev–Trinajstić information content (AvgIpc) is 2.37. The van der Waals surface area contributed by atoms with E-state index < -0.39 is 12.5 Å². The van der Waals surface area contributed by atoms with Gasteiger partial charge in [-0.1, -0.05) is 39.0 Å². The first kappa shape index (κ1) is 19.1. The van der Waals surface area contributed by atoms with Crippen LogP contribution < -0.4 is 9.61 Å². The fourth-order valence-electron chi connectivity index (χ4n) is 1.63. The van der Waals surface area contributed by atoms with Crippen LogP contribution in [-0.2, 0) is 21.3 Å². The molecule has 1 N–H and O–H groups in total. The monoisotopic (exact) mass is 343 g/mol. The predicted molar refractivity (Wildman–Crippen MR) is 94.9 cm³/mol. The van der Waals surface area contributed by atoms with Gasteiger partial charge in [-0.2, -0.15) is 0 Å². The predicted octanol–water partition coefficient (Wildman–Crippen LogP) is 4.10. The summed E-state index contributed by atoms with van der Waals surface area (Å²) in [5.41, 5.74) is 0. The lowest BCUT2D eigenvalue weighted by molar-refractivity contribution is -0.148. The number of carbonyl (C=O) groups is 1. The normalized spacial score (nSPS) is 16.0. The highest BCUT2D eigenvalue weighted by molar-refractivity contribution is 8.12. The molecule has 0 fully saturated rings. The molecule has 0 radical (unpaired) electrons. The van der Waals surface area contributed by atoms with Crippen molar-refractivity contribution >= 4 is 24.2 Å². The Kier molecular flexibility index (Phi) is 6.60. The summed E-state index contributed by atoms with van der Waals surface area (Å²) in [6.45, 7) is 11.5. The van der Waals surface area contributed by atoms with Crippen molar-refractivity contribution in [1.29, 1.82) is 0 Å². The summed E-state index contributed by atoms with van der Waals surface area (Å²) in [5.74, 6) is 0.392. The molecule has 0 aromatic heterocycles. The molecule has 0 bridgehead atoms. The maximum atomic E-state index is 12.0. The van der Waals surface area contributed by atoms with Gasteiger partial charge in [-0.25, -0.2) is 5.09 Å². The molecule has 124 valence electrons. The maximum Gasteiger partial charge on any atom is 0.323 e. The Hall–Kier alpha value is -0.900. The smallest absolute Gasteiger partial charge is 0.323 e. The third-order valence-electron chi connectivity index (χ3n) is 2.93. The second kappa shape index (κ2) is 7.58. The van der Waals surface area contributed by atoms with Crippen LogP contribution in [0.2, 0.25) is 0 Å². The summed E-state index contributed by atoms with van der Waals surface area (Å²) >= 11 is 5.80. The molecule has 0 amide bonds. The molecule has 1 aromatic carbocycles. The zero-order valence-corrected chi connectivity index (χ0v) is 15.8. The van der Waals surface area contributed by atoms with Crippen LogP contribution in [-0.4, -0.2) is 23.3 Å². The summed E-state index contributed by atoms with van der Waals surface area (Å²) in [5, 5.41) is 2.92. The Morgan fingerprint density at radius 3 is 2.18 bits per heavy atom. The summed E-state index contributed by atoms with van der Waals surface area (Å²) in [7, 11) is 0. The highest BCUT2D eigenvalue weighted by atomic mass is 32.4. The number of esters is 1. The minimum Gasteiger partial charge on any atom is -0.462 e. The first-order chi connectivity index (χ1) is 10.0. The van der Waals surface area contributed by atoms with Gasteiger partial charge in [-0.3, -0.25) is 4.79 Å². The fraction of sp³-hybridized carbons (Fsp3) is 0.562.